The molecule has 31 heavy (non-hydrogen) atoms. The first-order valence-corrected chi connectivity index (χ1v) is 10.1. The minimum absolute atomic E-state index is 0.244. The minimum atomic E-state index is -0.619. The van der Waals surface area contributed by atoms with E-state index in [0.29, 0.717) is 32.7 Å². The second-order valence-electron chi connectivity index (χ2n) is 6.52. The van der Waals surface area contributed by atoms with Crippen LogP contribution in [0.25, 0.3) is 10.6 Å². The number of rotatable bonds is 7. The highest BCUT2D eigenvalue weighted by molar-refractivity contribution is 7.17. The number of hydrogen-bond acceptors (Lipinski definition) is 7. The number of amides is 2. The fraction of sp³-hybridized carbons (Fsp3) is 0.182. The topological polar surface area (TPSA) is 107 Å². The number of hydrogen-bond donors (Lipinski definition) is 2. The van der Waals surface area contributed by atoms with E-state index in [9.17, 15) is 14.4 Å². The van der Waals surface area contributed by atoms with Crippen molar-refractivity contribution in [3.63, 3.8) is 0 Å². The van der Waals surface area contributed by atoms with Crippen LogP contribution in [-0.2, 0) is 14.3 Å². The molecule has 9 heteroatoms. The zero-order chi connectivity index (χ0) is 22.4. The first kappa shape index (κ1) is 22.0. The molecule has 2 amide bonds. The minimum Gasteiger partial charge on any atom is -0.495 e. The number of ether oxygens (including phenoxy) is 2. The van der Waals surface area contributed by atoms with E-state index in [-0.39, 0.29) is 5.91 Å². The molecular weight excluding hydrogens is 418 g/mol. The maximum atomic E-state index is 12.5. The van der Waals surface area contributed by atoms with Crippen LogP contribution in [0.15, 0.2) is 48.5 Å². The summed E-state index contributed by atoms with van der Waals surface area (Å²) < 4.78 is 10.4. The summed E-state index contributed by atoms with van der Waals surface area (Å²) in [6.07, 6.45) is 0. The largest absolute Gasteiger partial charge is 0.495 e. The van der Waals surface area contributed by atoms with Gasteiger partial charge in [-0.3, -0.25) is 9.59 Å². The Balaban J connectivity index is 1.64. The number of nitrogens with one attached hydrogen (secondary N) is 2. The van der Waals surface area contributed by atoms with Crippen LogP contribution in [0.1, 0.15) is 22.3 Å². The first-order chi connectivity index (χ1) is 14.9. The fourth-order valence-electron chi connectivity index (χ4n) is 2.76. The molecule has 160 valence electrons. The van der Waals surface area contributed by atoms with E-state index in [0.717, 1.165) is 5.56 Å². The van der Waals surface area contributed by atoms with Gasteiger partial charge in [0.25, 0.3) is 5.91 Å². The van der Waals surface area contributed by atoms with Crippen LogP contribution in [-0.4, -0.2) is 36.5 Å². The summed E-state index contributed by atoms with van der Waals surface area (Å²) in [6, 6.07) is 14.3. The molecule has 2 N–H and O–H groups in total. The number of esters is 1. The van der Waals surface area contributed by atoms with Crippen molar-refractivity contribution in [2.45, 2.75) is 13.8 Å². The van der Waals surface area contributed by atoms with Gasteiger partial charge in [-0.25, -0.2) is 9.78 Å². The van der Waals surface area contributed by atoms with Crippen molar-refractivity contribution in [2.24, 2.45) is 0 Å². The molecule has 0 spiro atoms. The maximum Gasteiger partial charge on any atom is 0.350 e. The third kappa shape index (κ3) is 5.67. The highest BCUT2D eigenvalue weighted by atomic mass is 32.1. The average Bonchev–Trinajstić information content (AvgIpc) is 3.14. The number of methoxy groups -OCH3 is 1. The summed E-state index contributed by atoms with van der Waals surface area (Å²) >= 11 is 1.21. The molecular formula is C22H21N3O5S. The average molecular weight is 439 g/mol. The lowest BCUT2D eigenvalue weighted by atomic mass is 10.2. The monoisotopic (exact) mass is 439 g/mol. The highest BCUT2D eigenvalue weighted by Gasteiger charge is 2.19. The third-order valence-corrected chi connectivity index (χ3v) is 5.32. The van der Waals surface area contributed by atoms with Crippen molar-refractivity contribution in [1.82, 2.24) is 4.98 Å². The van der Waals surface area contributed by atoms with E-state index in [1.807, 2.05) is 30.3 Å². The lowest BCUT2D eigenvalue weighted by Gasteiger charge is -2.12. The molecule has 2 aromatic carbocycles. The smallest absolute Gasteiger partial charge is 0.350 e. The van der Waals surface area contributed by atoms with E-state index >= 15 is 0 Å². The molecule has 1 aromatic heterocycles. The van der Waals surface area contributed by atoms with Crippen molar-refractivity contribution in [2.75, 3.05) is 24.4 Å². The van der Waals surface area contributed by atoms with E-state index < -0.39 is 18.5 Å². The van der Waals surface area contributed by atoms with Gasteiger partial charge >= 0.3 is 5.97 Å². The van der Waals surface area contributed by atoms with Gasteiger partial charge in [0.15, 0.2) is 6.61 Å². The van der Waals surface area contributed by atoms with Crippen molar-refractivity contribution < 1.29 is 23.9 Å². The van der Waals surface area contributed by atoms with E-state index in [2.05, 4.69) is 15.6 Å². The molecule has 0 aliphatic carbocycles. The summed E-state index contributed by atoms with van der Waals surface area (Å²) in [5.41, 5.74) is 2.28. The molecule has 0 atom stereocenters. The SMILES string of the molecule is COc1ccc(NC(C)=O)cc1NC(=O)COC(=O)c1sc(-c2ccccc2)nc1C. The highest BCUT2D eigenvalue weighted by Crippen LogP contribution is 2.29. The number of carbonyl (C=O) groups is 3. The molecule has 3 aromatic rings. The summed E-state index contributed by atoms with van der Waals surface area (Å²) in [6.45, 7) is 2.62. The Kier molecular flexibility index (Phi) is 6.99. The molecule has 8 nitrogen and oxygen atoms in total. The number of anilines is 2. The molecule has 3 rings (SSSR count). The second kappa shape index (κ2) is 9.86. The molecule has 0 aliphatic rings. The number of aryl methyl sites for hydroxylation is 1. The van der Waals surface area contributed by atoms with Gasteiger partial charge in [0.1, 0.15) is 15.6 Å². The number of benzene rings is 2. The van der Waals surface area contributed by atoms with Gasteiger partial charge < -0.3 is 20.1 Å². The summed E-state index contributed by atoms with van der Waals surface area (Å²) in [7, 11) is 1.46. The molecule has 0 aliphatic heterocycles. The quantitative estimate of drug-likeness (QED) is 0.541. The molecule has 0 bridgehead atoms. The second-order valence-corrected chi connectivity index (χ2v) is 7.52. The Bertz CT molecular complexity index is 1110. The number of aromatic nitrogens is 1. The zero-order valence-corrected chi connectivity index (χ0v) is 18.0. The van der Waals surface area contributed by atoms with Crippen LogP contribution < -0.4 is 15.4 Å². The Morgan fingerprint density at radius 3 is 2.48 bits per heavy atom. The molecule has 0 saturated carbocycles. The van der Waals surface area contributed by atoms with E-state index in [1.54, 1.807) is 25.1 Å². The molecule has 0 fully saturated rings. The molecule has 0 unspecified atom stereocenters. The van der Waals surface area contributed by atoms with Gasteiger partial charge in [0.2, 0.25) is 5.91 Å². The predicted molar refractivity (Wildman–Crippen MR) is 118 cm³/mol. The summed E-state index contributed by atoms with van der Waals surface area (Å²) in [5.74, 6) is -1.01. The number of thiazole rings is 1. The normalized spacial score (nSPS) is 10.3. The van der Waals surface area contributed by atoms with Gasteiger partial charge in [0.05, 0.1) is 18.5 Å². The van der Waals surface area contributed by atoms with Crippen LogP contribution >= 0.6 is 11.3 Å². The van der Waals surface area contributed by atoms with Crippen molar-refractivity contribution in [3.8, 4) is 16.3 Å². The Morgan fingerprint density at radius 1 is 1.06 bits per heavy atom. The Morgan fingerprint density at radius 2 is 1.81 bits per heavy atom. The third-order valence-electron chi connectivity index (χ3n) is 4.13. The summed E-state index contributed by atoms with van der Waals surface area (Å²) in [5, 5.41) is 5.95. The Hall–Kier alpha value is -3.72. The standard InChI is InChI=1S/C22H21N3O5S/c1-13-20(31-21(23-13)15-7-5-4-6-8-15)22(28)30-12-19(27)25-17-11-16(24-14(2)26)9-10-18(17)29-3/h4-11H,12H2,1-3H3,(H,24,26)(H,25,27). The first-order valence-electron chi connectivity index (χ1n) is 9.33. The van der Waals surface area contributed by atoms with Crippen LogP contribution in [0.2, 0.25) is 0 Å². The molecule has 0 radical (unpaired) electrons. The van der Waals surface area contributed by atoms with Crippen molar-refractivity contribution in [1.29, 1.82) is 0 Å². The van der Waals surface area contributed by atoms with Crippen LogP contribution in [0.3, 0.4) is 0 Å². The Labute approximate surface area is 183 Å². The number of nitrogens with zero attached hydrogens (tertiary/aromatic N) is 1. The molecule has 1 heterocycles. The zero-order valence-electron chi connectivity index (χ0n) is 17.2. The van der Waals surface area contributed by atoms with Crippen LogP contribution in [0, 0.1) is 6.92 Å². The number of carbonyl (C=O) groups excluding carboxylic acids is 3. The molecule has 0 saturated heterocycles. The predicted octanol–water partition coefficient (Wildman–Crippen LogP) is 3.88. The van der Waals surface area contributed by atoms with Gasteiger partial charge in [0, 0.05) is 18.2 Å². The van der Waals surface area contributed by atoms with Crippen LogP contribution in [0.5, 0.6) is 5.75 Å². The van der Waals surface area contributed by atoms with Gasteiger partial charge in [-0.1, -0.05) is 30.3 Å². The maximum absolute atomic E-state index is 12.5. The summed E-state index contributed by atoms with van der Waals surface area (Å²) in [4.78, 5) is 40.8. The van der Waals surface area contributed by atoms with Gasteiger partial charge in [-0.2, -0.15) is 0 Å². The lowest BCUT2D eigenvalue weighted by molar-refractivity contribution is -0.119. The van der Waals surface area contributed by atoms with E-state index in [4.69, 9.17) is 9.47 Å². The van der Waals surface area contributed by atoms with E-state index in [1.165, 1.54) is 25.4 Å². The van der Waals surface area contributed by atoms with Crippen LogP contribution in [0.4, 0.5) is 11.4 Å². The van der Waals surface area contributed by atoms with Gasteiger partial charge in [-0.15, -0.1) is 11.3 Å². The van der Waals surface area contributed by atoms with Crippen molar-refractivity contribution in [3.05, 3.63) is 59.1 Å². The fourth-order valence-corrected chi connectivity index (χ4v) is 3.73. The van der Waals surface area contributed by atoms with Gasteiger partial charge in [-0.05, 0) is 25.1 Å². The lowest BCUT2D eigenvalue weighted by Crippen LogP contribution is -2.21. The van der Waals surface area contributed by atoms with Crippen molar-refractivity contribution >= 4 is 40.5 Å².